The first kappa shape index (κ1) is 19.7. The van der Waals surface area contributed by atoms with Gasteiger partial charge in [0, 0.05) is 12.1 Å². The van der Waals surface area contributed by atoms with Crippen LogP contribution in [0, 0.1) is 16.0 Å². The summed E-state index contributed by atoms with van der Waals surface area (Å²) in [7, 11) is 0. The number of hydrogen-bond donors (Lipinski definition) is 1. The molecule has 3 aromatic rings. The highest BCUT2D eigenvalue weighted by atomic mass is 16.7. The van der Waals surface area contributed by atoms with Crippen LogP contribution in [0.3, 0.4) is 0 Å². The fourth-order valence-corrected chi connectivity index (χ4v) is 4.20. The number of fused-ring (bicyclic) bond motifs is 1. The van der Waals surface area contributed by atoms with Crippen molar-refractivity contribution in [3.8, 4) is 5.75 Å². The number of anilines is 2. The molecular formula is C23H17N3O6. The molecule has 0 bridgehead atoms. The maximum Gasteiger partial charge on any atom is 0.269 e. The Labute approximate surface area is 182 Å². The number of non-ortho nitro benzene ring substituents is 1. The molecule has 2 amide bonds. The fourth-order valence-electron chi connectivity index (χ4n) is 4.20. The average molecular weight is 431 g/mol. The first-order chi connectivity index (χ1) is 15.5. The van der Waals surface area contributed by atoms with Gasteiger partial charge in [-0.25, -0.2) is 9.96 Å². The van der Waals surface area contributed by atoms with Crippen molar-refractivity contribution < 1.29 is 24.5 Å². The van der Waals surface area contributed by atoms with Crippen LogP contribution in [0.2, 0.25) is 0 Å². The average Bonchev–Trinajstić information content (AvgIpc) is 3.31. The number of amides is 2. The Hall–Kier alpha value is -4.24. The Morgan fingerprint density at radius 2 is 1.50 bits per heavy atom. The molecule has 2 fully saturated rings. The Morgan fingerprint density at radius 3 is 2.12 bits per heavy atom. The fraction of sp³-hybridized carbons (Fsp3) is 0.130. The van der Waals surface area contributed by atoms with Crippen molar-refractivity contribution in [2.24, 2.45) is 5.92 Å². The molecule has 9 nitrogen and oxygen atoms in total. The van der Waals surface area contributed by atoms with Gasteiger partial charge >= 0.3 is 0 Å². The largest absolute Gasteiger partial charge is 0.508 e. The predicted molar refractivity (Wildman–Crippen MR) is 114 cm³/mol. The monoisotopic (exact) mass is 431 g/mol. The minimum atomic E-state index is -1.04. The first-order valence-electron chi connectivity index (χ1n) is 9.88. The maximum atomic E-state index is 13.5. The van der Waals surface area contributed by atoms with Gasteiger partial charge in [-0.05, 0) is 42.0 Å². The maximum absolute atomic E-state index is 13.5. The summed E-state index contributed by atoms with van der Waals surface area (Å²) in [5, 5.41) is 22.2. The third-order valence-electron chi connectivity index (χ3n) is 5.68. The van der Waals surface area contributed by atoms with E-state index in [4.69, 9.17) is 4.84 Å². The number of aromatic hydroxyl groups is 1. The lowest BCUT2D eigenvalue weighted by molar-refractivity contribution is -0.384. The Balaban J connectivity index is 1.55. The summed E-state index contributed by atoms with van der Waals surface area (Å²) in [5.74, 6) is -1.74. The Bertz CT molecular complexity index is 1200. The molecule has 32 heavy (non-hydrogen) atoms. The highest BCUT2D eigenvalue weighted by Crippen LogP contribution is 2.47. The van der Waals surface area contributed by atoms with Crippen molar-refractivity contribution >= 4 is 28.9 Å². The predicted octanol–water partition coefficient (Wildman–Crippen LogP) is 3.35. The molecule has 9 heteroatoms. The second-order valence-electron chi connectivity index (χ2n) is 7.53. The van der Waals surface area contributed by atoms with Crippen LogP contribution in [0.25, 0.3) is 0 Å². The third kappa shape index (κ3) is 3.07. The molecule has 0 radical (unpaired) electrons. The number of hydroxylamine groups is 1. The Morgan fingerprint density at radius 1 is 0.844 bits per heavy atom. The van der Waals surface area contributed by atoms with Gasteiger partial charge in [0.1, 0.15) is 11.7 Å². The van der Waals surface area contributed by atoms with E-state index in [1.54, 1.807) is 17.2 Å². The molecule has 2 aliphatic heterocycles. The summed E-state index contributed by atoms with van der Waals surface area (Å²) in [4.78, 5) is 44.1. The van der Waals surface area contributed by atoms with Crippen LogP contribution in [0.1, 0.15) is 11.6 Å². The molecule has 0 aliphatic carbocycles. The van der Waals surface area contributed by atoms with Gasteiger partial charge in [0.05, 0.1) is 22.3 Å². The number of para-hydroxylation sites is 1. The standard InChI is InChI=1S/C23H17N3O6/c27-18-12-6-14(7-13-18)20-19-21(32-25(20)16-4-2-1-3-5-16)23(29)24(22(19)28)15-8-10-17(11-9-15)26(30)31/h1-13,19-21,27H/t19-,20-,21-/m1/s1. The quantitative estimate of drug-likeness (QED) is 0.383. The van der Waals surface area contributed by atoms with E-state index in [0.29, 0.717) is 11.3 Å². The molecule has 160 valence electrons. The van der Waals surface area contributed by atoms with Crippen LogP contribution >= 0.6 is 0 Å². The summed E-state index contributed by atoms with van der Waals surface area (Å²) < 4.78 is 0. The highest BCUT2D eigenvalue weighted by molar-refractivity contribution is 6.23. The summed E-state index contributed by atoms with van der Waals surface area (Å²) in [6.07, 6.45) is -1.04. The van der Waals surface area contributed by atoms with E-state index in [2.05, 4.69) is 0 Å². The number of nitro benzene ring substituents is 1. The number of hydrogen-bond acceptors (Lipinski definition) is 7. The second-order valence-corrected chi connectivity index (χ2v) is 7.53. The molecule has 2 heterocycles. The lowest BCUT2D eigenvalue weighted by Gasteiger charge is -2.28. The highest BCUT2D eigenvalue weighted by Gasteiger charge is 2.60. The van der Waals surface area contributed by atoms with Crippen LogP contribution in [-0.2, 0) is 14.4 Å². The van der Waals surface area contributed by atoms with E-state index in [1.807, 2.05) is 30.3 Å². The van der Waals surface area contributed by atoms with Crippen molar-refractivity contribution in [2.45, 2.75) is 12.1 Å². The van der Waals surface area contributed by atoms with Gasteiger partial charge in [-0.2, -0.15) is 0 Å². The van der Waals surface area contributed by atoms with Crippen LogP contribution in [-0.4, -0.2) is 27.9 Å². The lowest BCUT2D eigenvalue weighted by atomic mass is 9.90. The zero-order chi connectivity index (χ0) is 22.4. The van der Waals surface area contributed by atoms with Crippen LogP contribution in [0.4, 0.5) is 17.1 Å². The number of benzene rings is 3. The minimum Gasteiger partial charge on any atom is -0.508 e. The van der Waals surface area contributed by atoms with Crippen LogP contribution in [0.5, 0.6) is 5.75 Å². The van der Waals surface area contributed by atoms with E-state index in [9.17, 15) is 24.8 Å². The summed E-state index contributed by atoms with van der Waals surface area (Å²) in [6, 6.07) is 20.2. The van der Waals surface area contributed by atoms with Gasteiger partial charge in [-0.15, -0.1) is 0 Å². The number of carbonyl (C=O) groups excluding carboxylic acids is 2. The topological polar surface area (TPSA) is 113 Å². The number of phenolic OH excluding ortho intramolecular Hbond substituents is 1. The first-order valence-corrected chi connectivity index (χ1v) is 9.88. The number of nitrogens with zero attached hydrogens (tertiary/aromatic N) is 3. The number of phenols is 1. The van der Waals surface area contributed by atoms with E-state index in [1.165, 1.54) is 36.4 Å². The number of carbonyl (C=O) groups is 2. The van der Waals surface area contributed by atoms with Crippen molar-refractivity contribution in [3.05, 3.63) is 94.5 Å². The van der Waals surface area contributed by atoms with Crippen molar-refractivity contribution in [1.29, 1.82) is 0 Å². The zero-order valence-corrected chi connectivity index (χ0v) is 16.6. The number of nitro groups is 1. The normalized spacial score (nSPS) is 22.3. The van der Waals surface area contributed by atoms with E-state index < -0.39 is 34.8 Å². The summed E-state index contributed by atoms with van der Waals surface area (Å²) in [5.41, 5.74) is 1.49. The minimum absolute atomic E-state index is 0.0804. The van der Waals surface area contributed by atoms with Crippen molar-refractivity contribution in [2.75, 3.05) is 9.96 Å². The second kappa shape index (κ2) is 7.47. The number of imide groups is 1. The van der Waals surface area contributed by atoms with Gasteiger partial charge in [0.25, 0.3) is 11.6 Å². The van der Waals surface area contributed by atoms with E-state index >= 15 is 0 Å². The molecule has 0 spiro atoms. The molecule has 3 aromatic carbocycles. The van der Waals surface area contributed by atoms with Gasteiger partial charge in [0.15, 0.2) is 6.10 Å². The van der Waals surface area contributed by atoms with Crippen LogP contribution < -0.4 is 9.96 Å². The van der Waals surface area contributed by atoms with Gasteiger partial charge in [0.2, 0.25) is 5.91 Å². The molecule has 5 rings (SSSR count). The SMILES string of the molecule is O=C1[C@@H]2[C@@H](c3ccc(O)cc3)N(c3ccccc3)O[C@H]2C(=O)N1c1ccc([N+](=O)[O-])cc1. The van der Waals surface area contributed by atoms with Crippen molar-refractivity contribution in [3.63, 3.8) is 0 Å². The Kier molecular flexibility index (Phi) is 4.60. The summed E-state index contributed by atoms with van der Waals surface area (Å²) >= 11 is 0. The van der Waals surface area contributed by atoms with Crippen molar-refractivity contribution in [1.82, 2.24) is 0 Å². The molecule has 2 aliphatic rings. The number of rotatable bonds is 4. The lowest BCUT2D eigenvalue weighted by Crippen LogP contribution is -2.37. The summed E-state index contributed by atoms with van der Waals surface area (Å²) in [6.45, 7) is 0. The van der Waals surface area contributed by atoms with Gasteiger partial charge in [-0.1, -0.05) is 30.3 Å². The molecule has 0 unspecified atom stereocenters. The third-order valence-corrected chi connectivity index (χ3v) is 5.68. The molecule has 0 saturated carbocycles. The van der Waals surface area contributed by atoms with Gasteiger partial charge in [-0.3, -0.25) is 24.5 Å². The molecule has 1 N–H and O–H groups in total. The molecule has 2 saturated heterocycles. The smallest absolute Gasteiger partial charge is 0.269 e. The zero-order valence-electron chi connectivity index (χ0n) is 16.6. The molecule has 3 atom stereocenters. The van der Waals surface area contributed by atoms with Crippen LogP contribution in [0.15, 0.2) is 78.9 Å². The van der Waals surface area contributed by atoms with E-state index in [0.717, 1.165) is 4.90 Å². The molecular weight excluding hydrogens is 414 g/mol. The molecule has 0 aromatic heterocycles. The van der Waals surface area contributed by atoms with Gasteiger partial charge < -0.3 is 5.11 Å². The van der Waals surface area contributed by atoms with E-state index in [-0.39, 0.29) is 17.1 Å².